The molecule has 0 saturated heterocycles. The predicted molar refractivity (Wildman–Crippen MR) is 74.0 cm³/mol. The molecular weight excluding hydrogens is 273 g/mol. The van der Waals surface area contributed by atoms with Crippen molar-refractivity contribution in [3.63, 3.8) is 0 Å². The van der Waals surface area contributed by atoms with Gasteiger partial charge in [0.1, 0.15) is 5.82 Å². The second kappa shape index (κ2) is 5.49. The van der Waals surface area contributed by atoms with E-state index in [1.54, 1.807) is 24.5 Å². The van der Waals surface area contributed by atoms with Gasteiger partial charge in [-0.05, 0) is 18.2 Å². The minimum Gasteiger partial charge on any atom is -0.305 e. The van der Waals surface area contributed by atoms with Crippen LogP contribution >= 0.6 is 0 Å². The number of aromatic amines is 1. The third-order valence-corrected chi connectivity index (χ3v) is 2.76. The Morgan fingerprint density at radius 3 is 2.86 bits per heavy atom. The van der Waals surface area contributed by atoms with E-state index in [2.05, 4.69) is 25.5 Å². The molecule has 0 saturated carbocycles. The second-order valence-corrected chi connectivity index (χ2v) is 4.25. The van der Waals surface area contributed by atoms with E-state index < -0.39 is 11.7 Å². The van der Waals surface area contributed by atoms with E-state index in [9.17, 15) is 9.18 Å². The maximum Gasteiger partial charge on any atom is 0.258 e. The lowest BCUT2D eigenvalue weighted by Gasteiger charge is -2.00. The van der Waals surface area contributed by atoms with E-state index >= 15 is 0 Å². The molecule has 0 aliphatic heterocycles. The first kappa shape index (κ1) is 12.9. The van der Waals surface area contributed by atoms with Crippen LogP contribution in [-0.2, 0) is 0 Å². The highest BCUT2D eigenvalue weighted by molar-refractivity contribution is 6.03. The van der Waals surface area contributed by atoms with Crippen LogP contribution in [-0.4, -0.2) is 26.1 Å². The lowest BCUT2D eigenvalue weighted by Crippen LogP contribution is -2.12. The van der Waals surface area contributed by atoms with Gasteiger partial charge in [0, 0.05) is 30.2 Å². The Morgan fingerprint density at radius 1 is 1.19 bits per heavy atom. The molecule has 3 aromatic rings. The number of H-pyrrole nitrogens is 1. The molecule has 3 rings (SSSR count). The van der Waals surface area contributed by atoms with Gasteiger partial charge in [-0.3, -0.25) is 19.9 Å². The number of carbonyl (C=O) groups is 1. The number of pyridine rings is 2. The molecule has 0 aliphatic carbocycles. The van der Waals surface area contributed by atoms with Gasteiger partial charge >= 0.3 is 0 Å². The smallest absolute Gasteiger partial charge is 0.258 e. The summed E-state index contributed by atoms with van der Waals surface area (Å²) in [6, 6.07) is 6.44. The molecule has 3 aromatic heterocycles. The molecule has 1 amide bonds. The molecule has 0 aromatic carbocycles. The Labute approximate surface area is 119 Å². The van der Waals surface area contributed by atoms with Crippen LogP contribution in [0.2, 0.25) is 0 Å². The van der Waals surface area contributed by atoms with Gasteiger partial charge in [-0.25, -0.2) is 4.39 Å². The molecule has 0 atom stereocenters. The highest BCUT2D eigenvalue weighted by atomic mass is 19.1. The largest absolute Gasteiger partial charge is 0.305 e. The fourth-order valence-corrected chi connectivity index (χ4v) is 1.78. The zero-order valence-electron chi connectivity index (χ0n) is 10.7. The molecule has 21 heavy (non-hydrogen) atoms. The molecule has 3 heterocycles. The molecule has 6 nitrogen and oxygen atoms in total. The number of amides is 1. The van der Waals surface area contributed by atoms with Crippen molar-refractivity contribution in [3.05, 3.63) is 60.4 Å². The Balaban J connectivity index is 1.77. The van der Waals surface area contributed by atoms with Crippen LogP contribution in [0.15, 0.2) is 49.1 Å². The number of nitrogens with zero attached hydrogens (tertiary/aromatic N) is 3. The molecule has 0 radical (unpaired) electrons. The minimum atomic E-state index is -0.569. The summed E-state index contributed by atoms with van der Waals surface area (Å²) >= 11 is 0. The number of hydrogen-bond donors (Lipinski definition) is 2. The van der Waals surface area contributed by atoms with Crippen molar-refractivity contribution >= 4 is 11.7 Å². The number of halogens is 1. The van der Waals surface area contributed by atoms with E-state index in [4.69, 9.17) is 0 Å². The highest BCUT2D eigenvalue weighted by Gasteiger charge is 2.10. The number of carbonyl (C=O) groups excluding carboxylic acids is 1. The van der Waals surface area contributed by atoms with Gasteiger partial charge in [0.25, 0.3) is 5.91 Å². The lowest BCUT2D eigenvalue weighted by atomic mass is 10.2. The van der Waals surface area contributed by atoms with E-state index in [1.165, 1.54) is 6.20 Å². The van der Waals surface area contributed by atoms with Gasteiger partial charge in [0.05, 0.1) is 17.5 Å². The minimum absolute atomic E-state index is 0.126. The summed E-state index contributed by atoms with van der Waals surface area (Å²) in [5, 5.41) is 9.34. The van der Waals surface area contributed by atoms with Crippen LogP contribution in [0.25, 0.3) is 11.3 Å². The molecule has 7 heteroatoms. The van der Waals surface area contributed by atoms with Crippen LogP contribution in [0, 0.1) is 5.82 Å². The molecular formula is C14H10FN5O. The Morgan fingerprint density at radius 2 is 2.10 bits per heavy atom. The maximum atomic E-state index is 13.0. The van der Waals surface area contributed by atoms with Crippen molar-refractivity contribution in [1.82, 2.24) is 20.2 Å². The number of rotatable bonds is 3. The lowest BCUT2D eigenvalue weighted by molar-refractivity contribution is 0.102. The SMILES string of the molecule is O=C(Nc1cc(-c2cccnc2)[nH]n1)c1cncc(F)c1. The third-order valence-electron chi connectivity index (χ3n) is 2.76. The van der Waals surface area contributed by atoms with Crippen molar-refractivity contribution < 1.29 is 9.18 Å². The summed E-state index contributed by atoms with van der Waals surface area (Å²) in [6.45, 7) is 0. The quantitative estimate of drug-likeness (QED) is 0.772. The van der Waals surface area contributed by atoms with Gasteiger partial charge < -0.3 is 5.32 Å². The Bertz CT molecular complexity index is 772. The number of anilines is 1. The average Bonchev–Trinajstić information content (AvgIpc) is 2.97. The summed E-state index contributed by atoms with van der Waals surface area (Å²) in [5.74, 6) is -0.713. The molecule has 0 spiro atoms. The molecule has 104 valence electrons. The third kappa shape index (κ3) is 2.92. The van der Waals surface area contributed by atoms with Gasteiger partial charge in [-0.2, -0.15) is 5.10 Å². The van der Waals surface area contributed by atoms with E-state index in [1.807, 2.05) is 6.07 Å². The van der Waals surface area contributed by atoms with Crippen molar-refractivity contribution in [2.45, 2.75) is 0 Å². The van der Waals surface area contributed by atoms with Crippen LogP contribution in [0.3, 0.4) is 0 Å². The first-order chi connectivity index (χ1) is 10.2. The summed E-state index contributed by atoms with van der Waals surface area (Å²) in [4.78, 5) is 19.6. The summed E-state index contributed by atoms with van der Waals surface area (Å²) in [7, 11) is 0. The van der Waals surface area contributed by atoms with Gasteiger partial charge in [-0.1, -0.05) is 0 Å². The molecule has 0 aliphatic rings. The average molecular weight is 283 g/mol. The van der Waals surface area contributed by atoms with Crippen LogP contribution in [0.5, 0.6) is 0 Å². The fourth-order valence-electron chi connectivity index (χ4n) is 1.78. The zero-order chi connectivity index (χ0) is 14.7. The topological polar surface area (TPSA) is 83.6 Å². The Hall–Kier alpha value is -3.09. The van der Waals surface area contributed by atoms with E-state index in [0.29, 0.717) is 5.82 Å². The standard InChI is InChI=1S/C14H10FN5O/c15-11-4-10(7-17-8-11)14(21)18-13-5-12(19-20-13)9-2-1-3-16-6-9/h1-8H,(H2,18,19,20,21). The number of nitrogens with one attached hydrogen (secondary N) is 2. The van der Waals surface area contributed by atoms with E-state index in [-0.39, 0.29) is 5.56 Å². The number of hydrogen-bond acceptors (Lipinski definition) is 4. The predicted octanol–water partition coefficient (Wildman–Crippen LogP) is 2.26. The molecule has 0 bridgehead atoms. The van der Waals surface area contributed by atoms with Gasteiger partial charge in [-0.15, -0.1) is 0 Å². The maximum absolute atomic E-state index is 13.0. The zero-order valence-corrected chi connectivity index (χ0v) is 10.7. The molecule has 0 unspecified atom stereocenters. The van der Waals surface area contributed by atoms with Gasteiger partial charge in [0.15, 0.2) is 5.82 Å². The summed E-state index contributed by atoms with van der Waals surface area (Å²) in [6.07, 6.45) is 5.66. The normalized spacial score (nSPS) is 10.3. The van der Waals surface area contributed by atoms with Crippen LogP contribution in [0.4, 0.5) is 10.2 Å². The van der Waals surface area contributed by atoms with Crippen molar-refractivity contribution in [3.8, 4) is 11.3 Å². The fraction of sp³-hybridized carbons (Fsp3) is 0. The van der Waals surface area contributed by atoms with E-state index in [0.717, 1.165) is 23.5 Å². The first-order valence-corrected chi connectivity index (χ1v) is 6.10. The molecule has 2 N–H and O–H groups in total. The van der Waals surface area contributed by atoms with Crippen LogP contribution < -0.4 is 5.32 Å². The second-order valence-electron chi connectivity index (χ2n) is 4.25. The highest BCUT2D eigenvalue weighted by Crippen LogP contribution is 2.18. The monoisotopic (exact) mass is 283 g/mol. The first-order valence-electron chi connectivity index (χ1n) is 6.10. The number of aromatic nitrogens is 4. The molecule has 0 fully saturated rings. The van der Waals surface area contributed by atoms with Crippen LogP contribution in [0.1, 0.15) is 10.4 Å². The van der Waals surface area contributed by atoms with Crippen molar-refractivity contribution in [1.29, 1.82) is 0 Å². The van der Waals surface area contributed by atoms with Crippen molar-refractivity contribution in [2.24, 2.45) is 0 Å². The summed E-state index contributed by atoms with van der Waals surface area (Å²) in [5.41, 5.74) is 1.69. The Kier molecular flexibility index (Phi) is 3.38. The summed E-state index contributed by atoms with van der Waals surface area (Å²) < 4.78 is 13.0. The van der Waals surface area contributed by atoms with Crippen molar-refractivity contribution in [2.75, 3.05) is 5.32 Å². The van der Waals surface area contributed by atoms with Gasteiger partial charge in [0.2, 0.25) is 0 Å².